The van der Waals surface area contributed by atoms with E-state index in [1.807, 2.05) is 0 Å². The first kappa shape index (κ1) is 50.4. The van der Waals surface area contributed by atoms with E-state index in [1.165, 1.54) is 6.07 Å². The van der Waals surface area contributed by atoms with Crippen LogP contribution >= 0.6 is 0 Å². The average Bonchev–Trinajstić information content (AvgIpc) is 4.02. The molecule has 3 aromatic heterocycles. The molecule has 0 atom stereocenters. The number of benzene rings is 6. The molecule has 39 nitrogen and oxygen atoms in total. The highest BCUT2D eigenvalue weighted by Crippen LogP contribution is 2.33. The molecule has 3 heterocycles. The maximum absolute atomic E-state index is 12.5. The number of para-hydroxylation sites is 1. The minimum Gasteiger partial charge on any atom is -0.692 e. The normalized spacial score (nSPS) is 10.7. The highest BCUT2D eigenvalue weighted by atomic mass is 16.7. The van der Waals surface area contributed by atoms with Gasteiger partial charge in [0.25, 0.3) is 34.0 Å². The maximum Gasteiger partial charge on any atom is 0.334 e. The van der Waals surface area contributed by atoms with E-state index >= 15 is 0 Å². The molecule has 0 aliphatic rings. The largest absolute Gasteiger partial charge is 0.692 e. The molecule has 9 aromatic rings. The Kier molecular flexibility index (Phi) is 13.1. The standard InChI is InChI=1S/C12H5N7O9.C12H6N6O7.C12H7N5O5/c20-15-10-4-7(17(23)24)5-11(19(27)28)12(10)13-14(15)8-2-1-6(16(21)22)3-9(8)18(25)26;19-15-11-5-7(16(20)21)1-3-9(11)13-14(15)10-4-2-8(17(22)23)6-12(10)18(24)25;18-15-10-6-9(16(19)20)7-11(17(21)22)12(10)13-14(15)8-4-2-1-3-5-8/h1-5H;1-6H;1-7H. The summed E-state index contributed by atoms with van der Waals surface area (Å²) in [6.07, 6.45) is 0. The third-order valence-corrected chi connectivity index (χ3v) is 9.97. The van der Waals surface area contributed by atoms with Crippen molar-refractivity contribution in [2.75, 3.05) is 0 Å². The Hall–Kier alpha value is -12.5. The smallest absolute Gasteiger partial charge is 0.334 e. The van der Waals surface area contributed by atoms with Crippen molar-refractivity contribution in [1.82, 2.24) is 29.7 Å². The molecule has 6 aromatic carbocycles. The fourth-order valence-corrected chi connectivity index (χ4v) is 6.66. The highest BCUT2D eigenvalue weighted by Gasteiger charge is 2.35. The van der Waals surface area contributed by atoms with Crippen LogP contribution in [0.5, 0.6) is 0 Å². The molecule has 9 rings (SSSR count). The van der Waals surface area contributed by atoms with Crippen molar-refractivity contribution in [3.8, 4) is 17.1 Å². The fourth-order valence-electron chi connectivity index (χ4n) is 6.66. The van der Waals surface area contributed by atoms with Gasteiger partial charge in [-0.15, -0.1) is 14.5 Å². The molecule has 75 heavy (non-hydrogen) atoms. The lowest BCUT2D eigenvalue weighted by molar-refractivity contribution is -0.665. The van der Waals surface area contributed by atoms with Crippen LogP contribution in [0.25, 0.3) is 50.2 Å². The summed E-state index contributed by atoms with van der Waals surface area (Å²) in [6, 6.07) is 19.6. The van der Waals surface area contributed by atoms with Crippen LogP contribution in [-0.2, 0) is 0 Å². The Balaban J connectivity index is 0.000000165. The molecule has 0 saturated heterocycles. The van der Waals surface area contributed by atoms with Crippen molar-refractivity contribution in [1.29, 1.82) is 0 Å². The van der Waals surface area contributed by atoms with E-state index in [-0.39, 0.29) is 48.0 Å². The first-order chi connectivity index (χ1) is 35.4. The third-order valence-electron chi connectivity index (χ3n) is 9.97. The van der Waals surface area contributed by atoms with Crippen LogP contribution in [0.2, 0.25) is 0 Å². The summed E-state index contributed by atoms with van der Waals surface area (Å²) in [5, 5.41) is 147. The van der Waals surface area contributed by atoms with Gasteiger partial charge in [-0.05, 0) is 29.1 Å². The molecule has 0 amide bonds. The van der Waals surface area contributed by atoms with Crippen molar-refractivity contribution in [3.05, 3.63) is 216 Å². The number of nitro groups is 9. The quantitative estimate of drug-likeness (QED) is 0.0717. The zero-order valence-electron chi connectivity index (χ0n) is 36.0. The first-order valence-corrected chi connectivity index (χ1v) is 19.5. The van der Waals surface area contributed by atoms with Crippen LogP contribution in [0.4, 0.5) is 51.2 Å². The Labute approximate surface area is 405 Å². The van der Waals surface area contributed by atoms with Crippen molar-refractivity contribution >= 4 is 84.3 Å². The van der Waals surface area contributed by atoms with E-state index in [0.29, 0.717) is 33.5 Å². The lowest BCUT2D eigenvalue weighted by Crippen LogP contribution is -2.37. The number of non-ortho nitro benzene ring substituents is 7. The van der Waals surface area contributed by atoms with E-state index in [0.717, 1.165) is 59.4 Å². The van der Waals surface area contributed by atoms with Gasteiger partial charge in [0.05, 0.1) is 102 Å². The van der Waals surface area contributed by atoms with Crippen LogP contribution in [-0.4, -0.2) is 74.0 Å². The molecule has 378 valence electrons. The van der Waals surface area contributed by atoms with Gasteiger partial charge in [0.2, 0.25) is 27.9 Å². The predicted molar refractivity (Wildman–Crippen MR) is 240 cm³/mol. The highest BCUT2D eigenvalue weighted by molar-refractivity contribution is 5.85. The van der Waals surface area contributed by atoms with Gasteiger partial charge in [0.1, 0.15) is 5.69 Å². The molecule has 0 radical (unpaired) electrons. The van der Waals surface area contributed by atoms with Gasteiger partial charge in [0, 0.05) is 33.9 Å². The number of fused-ring (bicyclic) bond motifs is 3. The van der Waals surface area contributed by atoms with Gasteiger partial charge < -0.3 is 15.6 Å². The Morgan fingerprint density at radius 1 is 0.333 bits per heavy atom. The fraction of sp³-hybridized carbons (Fsp3) is 0. The SMILES string of the molecule is O=[N+]([O-])c1cc([N+](=O)[O-])c2nn(-c3ccccc3)[n+]([O-])c2c1.O=[N+]([O-])c1ccc(-n2nc3c([N+](=O)[O-])cc([N+](=O)[O-])cc3[n+]2[O-])c([N+](=O)[O-])c1.O=[N+]([O-])c1ccc(-n2nc3ccc([N+](=O)[O-])cc3[n+]2[O-])c([N+](=O)[O-])c1. The van der Waals surface area contributed by atoms with Crippen LogP contribution in [0.15, 0.2) is 109 Å². The summed E-state index contributed by atoms with van der Waals surface area (Å²) in [5.41, 5.74) is -8.04. The molecule has 0 aliphatic heterocycles. The second kappa shape index (κ2) is 19.5. The van der Waals surface area contributed by atoms with Crippen molar-refractivity contribution in [2.45, 2.75) is 0 Å². The average molecular weight is 1040 g/mol. The minimum atomic E-state index is -1.01. The van der Waals surface area contributed by atoms with Crippen molar-refractivity contribution in [3.63, 3.8) is 0 Å². The van der Waals surface area contributed by atoms with Crippen LogP contribution in [0.3, 0.4) is 0 Å². The summed E-state index contributed by atoms with van der Waals surface area (Å²) in [4.78, 5) is 93.1. The number of aromatic nitrogens is 9. The van der Waals surface area contributed by atoms with Crippen molar-refractivity contribution < 1.29 is 58.8 Å². The second-order valence-electron chi connectivity index (χ2n) is 14.3. The van der Waals surface area contributed by atoms with Gasteiger partial charge >= 0.3 is 33.8 Å². The molecule has 0 saturated carbocycles. The van der Waals surface area contributed by atoms with E-state index in [1.54, 1.807) is 30.3 Å². The number of nitrogens with zero attached hydrogens (tertiary/aromatic N) is 18. The van der Waals surface area contributed by atoms with Gasteiger partial charge in [-0.3, -0.25) is 91.0 Å². The van der Waals surface area contributed by atoms with Gasteiger partial charge in [-0.1, -0.05) is 18.2 Å². The number of nitro benzene ring substituents is 9. The minimum absolute atomic E-state index is 0.0632. The van der Waals surface area contributed by atoms with E-state index in [4.69, 9.17) is 0 Å². The summed E-state index contributed by atoms with van der Waals surface area (Å²) in [6.45, 7) is 0. The zero-order chi connectivity index (χ0) is 54.9. The van der Waals surface area contributed by atoms with Gasteiger partial charge in [0.15, 0.2) is 0 Å². The maximum atomic E-state index is 12.5. The molecule has 0 bridgehead atoms. The van der Waals surface area contributed by atoms with E-state index in [2.05, 4.69) is 15.3 Å². The molecule has 0 spiro atoms. The number of hydrogen-bond acceptors (Lipinski definition) is 24. The molecule has 0 unspecified atom stereocenters. The molecule has 0 fully saturated rings. The lowest BCUT2D eigenvalue weighted by Gasteiger charge is -2.04. The second-order valence-corrected chi connectivity index (χ2v) is 14.3. The molecule has 39 heteroatoms. The zero-order valence-corrected chi connectivity index (χ0v) is 36.0. The molecular formula is C36H18N18O21. The summed E-state index contributed by atoms with van der Waals surface area (Å²) < 4.78 is 0. The number of rotatable bonds is 12. The lowest BCUT2D eigenvalue weighted by atomic mass is 10.2. The third kappa shape index (κ3) is 9.62. The van der Waals surface area contributed by atoms with Crippen LogP contribution < -0.4 is 14.5 Å². The predicted octanol–water partition coefficient (Wildman–Crippen LogP) is 4.15. The molecule has 0 N–H and O–H groups in total. The Morgan fingerprint density at radius 3 is 1.08 bits per heavy atom. The monoisotopic (exact) mass is 1040 g/mol. The number of hydrogen-bond donors (Lipinski definition) is 0. The summed E-state index contributed by atoms with van der Waals surface area (Å²) >= 11 is 0. The van der Waals surface area contributed by atoms with E-state index < -0.39 is 107 Å². The van der Waals surface area contributed by atoms with Crippen LogP contribution in [0, 0.1) is 107 Å². The van der Waals surface area contributed by atoms with Gasteiger partial charge in [-0.2, -0.15) is 0 Å². The van der Waals surface area contributed by atoms with Crippen LogP contribution in [0.1, 0.15) is 0 Å². The Morgan fingerprint density at radius 2 is 0.667 bits per heavy atom. The first-order valence-electron chi connectivity index (χ1n) is 19.5. The molecule has 0 aliphatic carbocycles. The topological polar surface area (TPSA) is 523 Å². The van der Waals surface area contributed by atoms with Crippen molar-refractivity contribution in [2.24, 2.45) is 0 Å². The molecular weight excluding hydrogens is 1020 g/mol. The summed E-state index contributed by atoms with van der Waals surface area (Å²) in [7, 11) is 0. The summed E-state index contributed by atoms with van der Waals surface area (Å²) in [5.74, 6) is 0. The van der Waals surface area contributed by atoms with E-state index in [9.17, 15) is 107 Å². The van der Waals surface area contributed by atoms with Gasteiger partial charge in [-0.25, -0.2) is 0 Å². The Bertz CT molecular complexity index is 3970.